The zero-order valence-electron chi connectivity index (χ0n) is 14.3. The molecule has 4 rings (SSSR count). The fourth-order valence-electron chi connectivity index (χ4n) is 2.91. The number of nitrogens with zero attached hydrogens (tertiary/aromatic N) is 3. The summed E-state index contributed by atoms with van der Waals surface area (Å²) in [5.74, 6) is 0.0155. The second-order valence-corrected chi connectivity index (χ2v) is 9.38. The minimum absolute atomic E-state index is 0.0159. The predicted octanol–water partition coefficient (Wildman–Crippen LogP) is 3.55. The van der Waals surface area contributed by atoms with Crippen molar-refractivity contribution in [2.24, 2.45) is 0 Å². The first kappa shape index (κ1) is 18.3. The van der Waals surface area contributed by atoms with E-state index in [2.05, 4.69) is 25.8 Å². The molecule has 0 atom stereocenters. The average Bonchev–Trinajstić information content (AvgIpc) is 3.40. The van der Waals surface area contributed by atoms with E-state index >= 15 is 0 Å². The van der Waals surface area contributed by atoms with Crippen molar-refractivity contribution in [2.75, 3.05) is 11.1 Å². The Morgan fingerprint density at radius 3 is 2.78 bits per heavy atom. The molecular formula is C17H17N5O2S3. The lowest BCUT2D eigenvalue weighted by Gasteiger charge is -2.10. The number of nitrogens with one attached hydrogen (secondary N) is 2. The first-order valence-corrected chi connectivity index (χ1v) is 11.2. The third-order valence-corrected chi connectivity index (χ3v) is 7.17. The fourth-order valence-corrected chi connectivity index (χ4v) is 5.32. The van der Waals surface area contributed by atoms with Gasteiger partial charge in [0.2, 0.25) is 11.0 Å². The minimum atomic E-state index is -0.303. The molecule has 140 valence electrons. The number of carbonyl (C=O) groups excluding carboxylic acids is 2. The minimum Gasteiger partial charge on any atom is -0.353 e. The molecule has 0 bridgehead atoms. The molecule has 2 N–H and O–H groups in total. The van der Waals surface area contributed by atoms with Gasteiger partial charge in [0.1, 0.15) is 0 Å². The number of hydrogen-bond donors (Lipinski definition) is 2. The van der Waals surface area contributed by atoms with E-state index in [-0.39, 0.29) is 11.8 Å². The van der Waals surface area contributed by atoms with E-state index in [1.54, 1.807) is 0 Å². The van der Waals surface area contributed by atoms with Gasteiger partial charge in [0.25, 0.3) is 5.91 Å². The number of rotatable bonds is 6. The number of anilines is 1. The maximum absolute atomic E-state index is 12.4. The van der Waals surface area contributed by atoms with Crippen LogP contribution in [0.15, 0.2) is 28.6 Å². The smallest absolute Gasteiger partial charge is 0.286 e. The molecule has 7 nitrogen and oxygen atoms in total. The van der Waals surface area contributed by atoms with Gasteiger partial charge in [-0.05, 0) is 25.0 Å². The summed E-state index contributed by atoms with van der Waals surface area (Å²) in [6.45, 7) is 0. The molecule has 0 unspecified atom stereocenters. The SMILES string of the molecule is O=C(CSc1nnc(NC(=O)c2nc3ccccc3s2)s1)NC1CCCC1. The molecule has 0 radical (unpaired) electrons. The van der Waals surface area contributed by atoms with Crippen LogP contribution in [0.2, 0.25) is 0 Å². The highest BCUT2D eigenvalue weighted by molar-refractivity contribution is 8.01. The number of hydrogen-bond acceptors (Lipinski definition) is 8. The van der Waals surface area contributed by atoms with Crippen LogP contribution in [0.1, 0.15) is 35.5 Å². The Balaban J connectivity index is 1.30. The maximum Gasteiger partial charge on any atom is 0.286 e. The van der Waals surface area contributed by atoms with Crippen molar-refractivity contribution in [1.29, 1.82) is 0 Å². The summed E-state index contributed by atoms with van der Waals surface area (Å²) in [4.78, 5) is 28.7. The van der Waals surface area contributed by atoms with Crippen molar-refractivity contribution in [1.82, 2.24) is 20.5 Å². The molecule has 1 aliphatic rings. The molecule has 0 aliphatic heterocycles. The Kier molecular flexibility index (Phi) is 5.65. The quantitative estimate of drug-likeness (QED) is 0.468. The largest absolute Gasteiger partial charge is 0.353 e. The van der Waals surface area contributed by atoms with Crippen LogP contribution in [-0.2, 0) is 4.79 Å². The average molecular weight is 420 g/mol. The number of benzene rings is 1. The highest BCUT2D eigenvalue weighted by atomic mass is 32.2. The number of amides is 2. The van der Waals surface area contributed by atoms with Crippen molar-refractivity contribution < 1.29 is 9.59 Å². The number of fused-ring (bicyclic) bond motifs is 1. The van der Waals surface area contributed by atoms with Gasteiger partial charge in [0.05, 0.1) is 16.0 Å². The van der Waals surface area contributed by atoms with E-state index in [4.69, 9.17) is 0 Å². The van der Waals surface area contributed by atoms with Crippen LogP contribution in [0.4, 0.5) is 5.13 Å². The predicted molar refractivity (Wildman–Crippen MR) is 109 cm³/mol. The van der Waals surface area contributed by atoms with Crippen molar-refractivity contribution in [2.45, 2.75) is 36.1 Å². The lowest BCUT2D eigenvalue weighted by molar-refractivity contribution is -0.119. The first-order valence-electron chi connectivity index (χ1n) is 8.60. The molecule has 3 aromatic rings. The lowest BCUT2D eigenvalue weighted by atomic mass is 10.2. The van der Waals surface area contributed by atoms with E-state index < -0.39 is 0 Å². The zero-order valence-corrected chi connectivity index (χ0v) is 16.8. The third-order valence-electron chi connectivity index (χ3n) is 4.16. The van der Waals surface area contributed by atoms with E-state index in [1.807, 2.05) is 24.3 Å². The standard InChI is InChI=1S/C17H17N5O2S3/c23-13(18-10-5-1-2-6-10)9-25-17-22-21-16(27-17)20-14(24)15-19-11-7-3-4-8-12(11)26-15/h3-4,7-8,10H,1-2,5-6,9H2,(H,18,23)(H,20,21,24). The van der Waals surface area contributed by atoms with Gasteiger partial charge in [-0.1, -0.05) is 48.1 Å². The molecule has 1 aromatic carbocycles. The van der Waals surface area contributed by atoms with E-state index in [0.29, 0.717) is 26.3 Å². The summed E-state index contributed by atoms with van der Waals surface area (Å²) in [6, 6.07) is 7.93. The first-order chi connectivity index (χ1) is 13.2. The van der Waals surface area contributed by atoms with Crippen LogP contribution < -0.4 is 10.6 Å². The van der Waals surface area contributed by atoms with Crippen LogP contribution in [0.3, 0.4) is 0 Å². The molecule has 1 fully saturated rings. The molecule has 2 aromatic heterocycles. The molecule has 2 heterocycles. The molecule has 1 aliphatic carbocycles. The molecule has 2 amide bonds. The van der Waals surface area contributed by atoms with Gasteiger partial charge in [-0.2, -0.15) is 0 Å². The van der Waals surface area contributed by atoms with Crippen LogP contribution >= 0.6 is 34.4 Å². The van der Waals surface area contributed by atoms with Gasteiger partial charge < -0.3 is 5.32 Å². The zero-order chi connectivity index (χ0) is 18.6. The van der Waals surface area contributed by atoms with Crippen LogP contribution in [0.25, 0.3) is 10.2 Å². The number of para-hydroxylation sites is 1. The monoisotopic (exact) mass is 419 g/mol. The summed E-state index contributed by atoms with van der Waals surface area (Å²) in [6.07, 6.45) is 4.51. The van der Waals surface area contributed by atoms with Gasteiger partial charge >= 0.3 is 0 Å². The summed E-state index contributed by atoms with van der Waals surface area (Å²) >= 11 is 3.92. The third kappa shape index (κ3) is 4.63. The van der Waals surface area contributed by atoms with Crippen LogP contribution in [0, 0.1) is 0 Å². The maximum atomic E-state index is 12.4. The number of thiazole rings is 1. The number of aromatic nitrogens is 3. The number of thioether (sulfide) groups is 1. The Morgan fingerprint density at radius 1 is 1.15 bits per heavy atom. The molecule has 10 heteroatoms. The normalized spacial score (nSPS) is 14.5. The summed E-state index contributed by atoms with van der Waals surface area (Å²) in [5, 5.41) is 14.6. The van der Waals surface area contributed by atoms with Gasteiger partial charge in [-0.3, -0.25) is 14.9 Å². The van der Waals surface area contributed by atoms with Crippen molar-refractivity contribution in [3.63, 3.8) is 0 Å². The lowest BCUT2D eigenvalue weighted by Crippen LogP contribution is -2.33. The Labute approximate surface area is 168 Å². The molecule has 0 spiro atoms. The van der Waals surface area contributed by atoms with E-state index in [9.17, 15) is 9.59 Å². The van der Waals surface area contributed by atoms with Crippen LogP contribution in [0.5, 0.6) is 0 Å². The fraction of sp³-hybridized carbons (Fsp3) is 0.353. The van der Waals surface area contributed by atoms with Gasteiger partial charge in [-0.25, -0.2) is 4.98 Å². The summed E-state index contributed by atoms with van der Waals surface area (Å²) in [7, 11) is 0. The number of carbonyl (C=O) groups is 2. The Morgan fingerprint density at radius 2 is 1.96 bits per heavy atom. The van der Waals surface area contributed by atoms with Gasteiger partial charge in [0.15, 0.2) is 9.35 Å². The topological polar surface area (TPSA) is 96.9 Å². The Hall–Kier alpha value is -2.04. The van der Waals surface area contributed by atoms with Crippen molar-refractivity contribution in [3.05, 3.63) is 29.3 Å². The molecule has 1 saturated carbocycles. The highest BCUT2D eigenvalue weighted by Gasteiger charge is 2.18. The molecule has 0 saturated heterocycles. The van der Waals surface area contributed by atoms with E-state index in [0.717, 1.165) is 23.1 Å². The second-order valence-electron chi connectivity index (χ2n) is 6.15. The Bertz CT molecular complexity index is 931. The summed E-state index contributed by atoms with van der Waals surface area (Å²) < 4.78 is 1.61. The summed E-state index contributed by atoms with van der Waals surface area (Å²) in [5.41, 5.74) is 0.800. The molecule has 27 heavy (non-hydrogen) atoms. The molecular weight excluding hydrogens is 402 g/mol. The van der Waals surface area contributed by atoms with E-state index in [1.165, 1.54) is 47.3 Å². The second kappa shape index (κ2) is 8.32. The van der Waals surface area contributed by atoms with Gasteiger partial charge in [0, 0.05) is 6.04 Å². The van der Waals surface area contributed by atoms with Crippen LogP contribution in [-0.4, -0.2) is 38.8 Å². The van der Waals surface area contributed by atoms with Crippen molar-refractivity contribution in [3.8, 4) is 0 Å². The van der Waals surface area contributed by atoms with Crippen molar-refractivity contribution >= 4 is 61.6 Å². The highest BCUT2D eigenvalue weighted by Crippen LogP contribution is 2.27. The van der Waals surface area contributed by atoms with Gasteiger partial charge in [-0.15, -0.1) is 21.5 Å².